The van der Waals surface area contributed by atoms with E-state index < -0.39 is 0 Å². The van der Waals surface area contributed by atoms with Crippen molar-refractivity contribution in [1.82, 2.24) is 4.90 Å². The van der Waals surface area contributed by atoms with Crippen LogP contribution in [0.1, 0.15) is 0 Å². The average Bonchev–Trinajstić information content (AvgIpc) is 1.88. The zero-order valence-electron chi connectivity index (χ0n) is 5.58. The molecule has 0 aromatic carbocycles. The van der Waals surface area contributed by atoms with Crippen molar-refractivity contribution in [1.29, 1.82) is 0 Å². The van der Waals surface area contributed by atoms with Gasteiger partial charge >= 0.3 is 0 Å². The molecule has 0 amide bonds. The summed E-state index contributed by atoms with van der Waals surface area (Å²) in [7, 11) is 0. The maximum absolute atomic E-state index is 8.60. The molecule has 0 spiro atoms. The highest BCUT2D eigenvalue weighted by molar-refractivity contribution is 4.52. The summed E-state index contributed by atoms with van der Waals surface area (Å²) in [6.07, 6.45) is 0. The third kappa shape index (κ3) is 4.35. The van der Waals surface area contributed by atoms with Crippen molar-refractivity contribution >= 4 is 0 Å². The number of hydrogen-bond donors (Lipinski definition) is 3. The van der Waals surface area contributed by atoms with Gasteiger partial charge in [0.25, 0.3) is 0 Å². The second-order valence-corrected chi connectivity index (χ2v) is 1.84. The van der Waals surface area contributed by atoms with E-state index in [9.17, 15) is 0 Å². The highest BCUT2D eigenvalue weighted by atomic mass is 16.3. The second kappa shape index (κ2) is 5.97. The van der Waals surface area contributed by atoms with E-state index in [2.05, 4.69) is 0 Å². The SMILES string of the molecule is NCCN(CO)CCN. The molecular formula is C5H15N3O. The Bertz CT molecular complexity index is 54.2. The van der Waals surface area contributed by atoms with Crippen molar-refractivity contribution in [3.63, 3.8) is 0 Å². The van der Waals surface area contributed by atoms with Crippen LogP contribution in [0.2, 0.25) is 0 Å². The van der Waals surface area contributed by atoms with E-state index in [1.165, 1.54) is 0 Å². The molecule has 0 heterocycles. The zero-order valence-corrected chi connectivity index (χ0v) is 5.58. The monoisotopic (exact) mass is 133 g/mol. The molecule has 0 bridgehead atoms. The quantitative estimate of drug-likeness (QED) is 0.385. The maximum atomic E-state index is 8.60. The van der Waals surface area contributed by atoms with Gasteiger partial charge in [0.05, 0.1) is 6.73 Å². The highest BCUT2D eigenvalue weighted by Gasteiger charge is 1.97. The lowest BCUT2D eigenvalue weighted by atomic mass is 10.5. The minimum atomic E-state index is 0.0500. The smallest absolute Gasteiger partial charge is 0.0957 e. The van der Waals surface area contributed by atoms with E-state index in [0.29, 0.717) is 26.2 Å². The maximum Gasteiger partial charge on any atom is 0.0957 e. The molecule has 0 aliphatic carbocycles. The number of aliphatic hydroxyl groups excluding tert-OH is 1. The first-order valence-electron chi connectivity index (χ1n) is 3.08. The number of hydrogen-bond acceptors (Lipinski definition) is 4. The molecule has 9 heavy (non-hydrogen) atoms. The van der Waals surface area contributed by atoms with Gasteiger partial charge in [-0.15, -0.1) is 0 Å². The van der Waals surface area contributed by atoms with Gasteiger partial charge in [-0.2, -0.15) is 0 Å². The van der Waals surface area contributed by atoms with Gasteiger partial charge < -0.3 is 16.6 Å². The first-order chi connectivity index (χ1) is 4.35. The van der Waals surface area contributed by atoms with Crippen LogP contribution in [0.3, 0.4) is 0 Å². The van der Waals surface area contributed by atoms with Crippen molar-refractivity contribution < 1.29 is 5.11 Å². The van der Waals surface area contributed by atoms with Crippen LogP contribution in [0.25, 0.3) is 0 Å². The molecule has 0 rings (SSSR count). The fraction of sp³-hybridized carbons (Fsp3) is 1.00. The Kier molecular flexibility index (Phi) is 5.86. The van der Waals surface area contributed by atoms with E-state index in [4.69, 9.17) is 16.6 Å². The molecule has 0 aromatic heterocycles. The molecule has 0 atom stereocenters. The van der Waals surface area contributed by atoms with Crippen LogP contribution in [-0.2, 0) is 0 Å². The van der Waals surface area contributed by atoms with Gasteiger partial charge in [0.15, 0.2) is 0 Å². The minimum Gasteiger partial charge on any atom is -0.381 e. The fourth-order valence-corrected chi connectivity index (χ4v) is 0.618. The first-order valence-corrected chi connectivity index (χ1v) is 3.08. The van der Waals surface area contributed by atoms with Crippen molar-refractivity contribution in [2.24, 2.45) is 11.5 Å². The molecule has 0 radical (unpaired) electrons. The highest BCUT2D eigenvalue weighted by Crippen LogP contribution is 1.79. The molecule has 0 fully saturated rings. The van der Waals surface area contributed by atoms with E-state index in [0.717, 1.165) is 0 Å². The van der Waals surface area contributed by atoms with E-state index in [1.807, 2.05) is 0 Å². The number of nitrogens with two attached hydrogens (primary N) is 2. The molecule has 0 aromatic rings. The van der Waals surface area contributed by atoms with E-state index in [1.54, 1.807) is 4.90 Å². The number of rotatable bonds is 5. The molecular weight excluding hydrogens is 118 g/mol. The van der Waals surface area contributed by atoms with Crippen molar-refractivity contribution in [2.75, 3.05) is 32.9 Å². The predicted octanol–water partition coefficient (Wildman–Crippen LogP) is -1.84. The van der Waals surface area contributed by atoms with Crippen LogP contribution in [0.5, 0.6) is 0 Å². The van der Waals surface area contributed by atoms with Crippen molar-refractivity contribution in [2.45, 2.75) is 0 Å². The Morgan fingerprint density at radius 1 is 1.11 bits per heavy atom. The summed E-state index contributed by atoms with van der Waals surface area (Å²) in [5.74, 6) is 0. The Hall–Kier alpha value is -0.160. The van der Waals surface area contributed by atoms with Gasteiger partial charge in [-0.3, -0.25) is 4.90 Å². The van der Waals surface area contributed by atoms with Crippen LogP contribution in [0, 0.1) is 0 Å². The van der Waals surface area contributed by atoms with E-state index >= 15 is 0 Å². The average molecular weight is 133 g/mol. The van der Waals surface area contributed by atoms with Crippen molar-refractivity contribution in [3.8, 4) is 0 Å². The Morgan fingerprint density at radius 3 is 1.78 bits per heavy atom. The third-order valence-electron chi connectivity index (χ3n) is 1.09. The van der Waals surface area contributed by atoms with Gasteiger partial charge in [-0.1, -0.05) is 0 Å². The van der Waals surface area contributed by atoms with Gasteiger partial charge in [0.1, 0.15) is 0 Å². The lowest BCUT2D eigenvalue weighted by Crippen LogP contribution is -2.34. The number of aliphatic hydroxyl groups is 1. The molecule has 4 nitrogen and oxygen atoms in total. The number of nitrogens with zero attached hydrogens (tertiary/aromatic N) is 1. The molecule has 5 N–H and O–H groups in total. The Labute approximate surface area is 55.4 Å². The standard InChI is InChI=1S/C5H15N3O/c6-1-3-8(5-9)4-2-7/h9H,1-7H2. The zero-order chi connectivity index (χ0) is 7.11. The topological polar surface area (TPSA) is 75.5 Å². The Balaban J connectivity index is 3.18. The van der Waals surface area contributed by atoms with Crippen LogP contribution in [-0.4, -0.2) is 42.9 Å². The fourth-order valence-electron chi connectivity index (χ4n) is 0.618. The van der Waals surface area contributed by atoms with Gasteiger partial charge in [0.2, 0.25) is 0 Å². The lowest BCUT2D eigenvalue weighted by molar-refractivity contribution is 0.113. The summed E-state index contributed by atoms with van der Waals surface area (Å²) >= 11 is 0. The summed E-state index contributed by atoms with van der Waals surface area (Å²) in [5, 5.41) is 8.60. The minimum absolute atomic E-state index is 0.0500. The molecule has 4 heteroatoms. The molecule has 56 valence electrons. The van der Waals surface area contributed by atoms with Gasteiger partial charge in [-0.05, 0) is 0 Å². The predicted molar refractivity (Wildman–Crippen MR) is 36.8 cm³/mol. The largest absolute Gasteiger partial charge is 0.381 e. The lowest BCUT2D eigenvalue weighted by Gasteiger charge is -2.16. The first kappa shape index (κ1) is 8.84. The molecule has 0 aliphatic rings. The molecule has 0 unspecified atom stereocenters. The van der Waals surface area contributed by atoms with Crippen LogP contribution < -0.4 is 11.5 Å². The van der Waals surface area contributed by atoms with Crippen LogP contribution in [0.4, 0.5) is 0 Å². The second-order valence-electron chi connectivity index (χ2n) is 1.84. The summed E-state index contributed by atoms with van der Waals surface area (Å²) in [6.45, 7) is 2.62. The van der Waals surface area contributed by atoms with Gasteiger partial charge in [-0.25, -0.2) is 0 Å². The summed E-state index contributed by atoms with van der Waals surface area (Å²) < 4.78 is 0. The summed E-state index contributed by atoms with van der Waals surface area (Å²) in [6, 6.07) is 0. The third-order valence-corrected chi connectivity index (χ3v) is 1.09. The summed E-state index contributed by atoms with van der Waals surface area (Å²) in [4.78, 5) is 1.79. The molecule has 0 saturated heterocycles. The van der Waals surface area contributed by atoms with Gasteiger partial charge in [0, 0.05) is 26.2 Å². The molecule has 0 aliphatic heterocycles. The van der Waals surface area contributed by atoms with Crippen molar-refractivity contribution in [3.05, 3.63) is 0 Å². The molecule has 0 saturated carbocycles. The Morgan fingerprint density at radius 2 is 1.56 bits per heavy atom. The normalized spacial score (nSPS) is 10.7. The van der Waals surface area contributed by atoms with Crippen LogP contribution >= 0.6 is 0 Å². The summed E-state index contributed by atoms with van der Waals surface area (Å²) in [5.41, 5.74) is 10.5. The van der Waals surface area contributed by atoms with Crippen LogP contribution in [0.15, 0.2) is 0 Å². The van der Waals surface area contributed by atoms with E-state index in [-0.39, 0.29) is 6.73 Å².